The summed E-state index contributed by atoms with van der Waals surface area (Å²) < 4.78 is 0. The maximum absolute atomic E-state index is 12.8. The van der Waals surface area contributed by atoms with Crippen LogP contribution in [0.4, 0.5) is 0 Å². The number of hydrogen-bond donors (Lipinski definition) is 2. The first kappa shape index (κ1) is 18.5. The zero-order valence-electron chi connectivity index (χ0n) is 14.1. The molecular weight excluding hydrogens is 314 g/mol. The predicted molar refractivity (Wildman–Crippen MR) is 92.3 cm³/mol. The van der Waals surface area contributed by atoms with Gasteiger partial charge in [0.2, 0.25) is 11.8 Å². The van der Waals surface area contributed by atoms with Gasteiger partial charge in [0.15, 0.2) is 0 Å². The molecule has 3 rings (SSSR count). The number of rotatable bonds is 3. The van der Waals surface area contributed by atoms with Gasteiger partial charge in [0.1, 0.15) is 0 Å². The molecule has 2 atom stereocenters. The van der Waals surface area contributed by atoms with Crippen LogP contribution in [0.15, 0.2) is 0 Å². The second-order valence-corrected chi connectivity index (χ2v) is 7.69. The van der Waals surface area contributed by atoms with E-state index < -0.39 is 0 Å². The van der Waals surface area contributed by atoms with Crippen molar-refractivity contribution < 1.29 is 9.59 Å². The molecule has 0 spiro atoms. The van der Waals surface area contributed by atoms with Crippen LogP contribution in [0.3, 0.4) is 0 Å². The first-order chi connectivity index (χ1) is 10.5. The Morgan fingerprint density at radius 2 is 1.74 bits per heavy atom. The number of halogens is 1. The Kier molecular flexibility index (Phi) is 5.95. The summed E-state index contributed by atoms with van der Waals surface area (Å²) in [5.41, 5.74) is 6.00. The third-order valence-electron chi connectivity index (χ3n) is 5.65. The second-order valence-electron chi connectivity index (χ2n) is 7.69. The quantitative estimate of drug-likeness (QED) is 0.821. The molecule has 3 N–H and O–H groups in total. The van der Waals surface area contributed by atoms with Crippen LogP contribution in [0, 0.1) is 11.8 Å². The van der Waals surface area contributed by atoms with Crippen LogP contribution >= 0.6 is 12.4 Å². The van der Waals surface area contributed by atoms with Gasteiger partial charge in [-0.2, -0.15) is 0 Å². The highest BCUT2D eigenvalue weighted by Crippen LogP contribution is 2.33. The number of likely N-dealkylation sites (tertiary alicyclic amines) is 1. The van der Waals surface area contributed by atoms with Gasteiger partial charge in [0, 0.05) is 30.6 Å². The highest BCUT2D eigenvalue weighted by molar-refractivity contribution is 5.85. The Bertz CT molecular complexity index is 443. The molecule has 5 nitrogen and oxygen atoms in total. The summed E-state index contributed by atoms with van der Waals surface area (Å²) in [6, 6.07) is 0.243. The van der Waals surface area contributed by atoms with Gasteiger partial charge in [0.05, 0.1) is 5.92 Å². The summed E-state index contributed by atoms with van der Waals surface area (Å²) in [4.78, 5) is 26.6. The van der Waals surface area contributed by atoms with Gasteiger partial charge in [-0.05, 0) is 45.4 Å². The van der Waals surface area contributed by atoms with E-state index in [1.165, 1.54) is 0 Å². The molecule has 0 aromatic carbocycles. The van der Waals surface area contributed by atoms with E-state index in [-0.39, 0.29) is 47.6 Å². The molecule has 132 valence electrons. The average molecular weight is 344 g/mol. The van der Waals surface area contributed by atoms with E-state index in [1.807, 2.05) is 11.8 Å². The van der Waals surface area contributed by atoms with Crippen molar-refractivity contribution in [1.29, 1.82) is 0 Å². The standard InChI is InChI=1S/C17H29N3O2.ClH/c1-17(18)9-3-2-4-14(17)16(22)20-10-7-13(8-11-20)19-15(21)12-5-6-12;/h12-14H,2-11,18H2,1H3,(H,19,21);1H. The maximum atomic E-state index is 12.8. The predicted octanol–water partition coefficient (Wildman–Crippen LogP) is 1.83. The third kappa shape index (κ3) is 4.38. The van der Waals surface area contributed by atoms with Gasteiger partial charge in [-0.25, -0.2) is 0 Å². The topological polar surface area (TPSA) is 75.4 Å². The van der Waals surface area contributed by atoms with Crippen LogP contribution in [-0.2, 0) is 9.59 Å². The fraction of sp³-hybridized carbons (Fsp3) is 0.882. The lowest BCUT2D eigenvalue weighted by atomic mass is 9.74. The van der Waals surface area contributed by atoms with Crippen molar-refractivity contribution in [2.75, 3.05) is 13.1 Å². The summed E-state index contributed by atoms with van der Waals surface area (Å²) in [5, 5.41) is 3.13. The van der Waals surface area contributed by atoms with E-state index in [1.54, 1.807) is 0 Å². The first-order valence-corrected chi connectivity index (χ1v) is 8.85. The largest absolute Gasteiger partial charge is 0.353 e. The number of piperidine rings is 1. The van der Waals surface area contributed by atoms with Crippen molar-refractivity contribution >= 4 is 24.2 Å². The molecule has 0 radical (unpaired) electrons. The van der Waals surface area contributed by atoms with Gasteiger partial charge in [0.25, 0.3) is 0 Å². The third-order valence-corrected chi connectivity index (χ3v) is 5.65. The SMILES string of the molecule is CC1(N)CCCCC1C(=O)N1CCC(NC(=O)C2CC2)CC1.Cl. The molecule has 1 saturated heterocycles. The number of hydrogen-bond acceptors (Lipinski definition) is 3. The lowest BCUT2D eigenvalue weighted by Gasteiger charge is -2.41. The maximum Gasteiger partial charge on any atom is 0.227 e. The minimum atomic E-state index is -0.355. The van der Waals surface area contributed by atoms with E-state index in [0.717, 1.165) is 64.5 Å². The molecule has 2 amide bonds. The normalized spacial score (nSPS) is 32.1. The number of carbonyl (C=O) groups excluding carboxylic acids is 2. The second kappa shape index (κ2) is 7.39. The fourth-order valence-electron chi connectivity index (χ4n) is 3.89. The molecule has 1 aliphatic heterocycles. The smallest absolute Gasteiger partial charge is 0.227 e. The molecule has 3 aliphatic rings. The molecule has 2 aliphatic carbocycles. The molecular formula is C17H30ClN3O2. The summed E-state index contributed by atoms with van der Waals surface area (Å²) in [6.07, 6.45) is 7.93. The van der Waals surface area contributed by atoms with Gasteiger partial charge >= 0.3 is 0 Å². The van der Waals surface area contributed by atoms with Crippen molar-refractivity contribution in [2.45, 2.75) is 69.9 Å². The molecule has 0 bridgehead atoms. The molecule has 2 unspecified atom stereocenters. The molecule has 6 heteroatoms. The molecule has 23 heavy (non-hydrogen) atoms. The first-order valence-electron chi connectivity index (χ1n) is 8.85. The Morgan fingerprint density at radius 3 is 2.30 bits per heavy atom. The summed E-state index contributed by atoms with van der Waals surface area (Å²) in [6.45, 7) is 3.53. The number of amides is 2. The van der Waals surface area contributed by atoms with E-state index in [4.69, 9.17) is 5.73 Å². The molecule has 0 aromatic rings. The van der Waals surface area contributed by atoms with Crippen LogP contribution in [0.25, 0.3) is 0 Å². The summed E-state index contributed by atoms with van der Waals surface area (Å²) in [7, 11) is 0. The van der Waals surface area contributed by atoms with Crippen LogP contribution in [-0.4, -0.2) is 41.4 Å². The lowest BCUT2D eigenvalue weighted by Crippen LogP contribution is -2.56. The Hall–Kier alpha value is -0.810. The Labute approximate surface area is 145 Å². The van der Waals surface area contributed by atoms with Crippen LogP contribution in [0.5, 0.6) is 0 Å². The van der Waals surface area contributed by atoms with E-state index in [0.29, 0.717) is 0 Å². The zero-order valence-corrected chi connectivity index (χ0v) is 14.9. The van der Waals surface area contributed by atoms with Crippen molar-refractivity contribution in [1.82, 2.24) is 10.2 Å². The highest BCUT2D eigenvalue weighted by atomic mass is 35.5. The monoisotopic (exact) mass is 343 g/mol. The van der Waals surface area contributed by atoms with Gasteiger partial charge in [-0.1, -0.05) is 12.8 Å². The number of nitrogens with zero attached hydrogens (tertiary/aromatic N) is 1. The Balaban J connectivity index is 0.00000192. The van der Waals surface area contributed by atoms with Gasteiger partial charge in [-0.3, -0.25) is 9.59 Å². The van der Waals surface area contributed by atoms with Crippen LogP contribution in [0.1, 0.15) is 58.3 Å². The van der Waals surface area contributed by atoms with Crippen molar-refractivity contribution in [3.8, 4) is 0 Å². The fourth-order valence-corrected chi connectivity index (χ4v) is 3.89. The molecule has 2 saturated carbocycles. The van der Waals surface area contributed by atoms with Crippen molar-refractivity contribution in [2.24, 2.45) is 17.6 Å². The molecule has 3 fully saturated rings. The highest BCUT2D eigenvalue weighted by Gasteiger charge is 2.40. The van der Waals surface area contributed by atoms with Gasteiger partial charge < -0.3 is 16.0 Å². The minimum Gasteiger partial charge on any atom is -0.353 e. The van der Waals surface area contributed by atoms with Crippen LogP contribution < -0.4 is 11.1 Å². The molecule has 0 aromatic heterocycles. The number of carbonyl (C=O) groups is 2. The van der Waals surface area contributed by atoms with E-state index >= 15 is 0 Å². The average Bonchev–Trinajstić information content (AvgIpc) is 3.31. The Morgan fingerprint density at radius 1 is 1.09 bits per heavy atom. The van der Waals surface area contributed by atoms with E-state index in [2.05, 4.69) is 5.32 Å². The number of nitrogens with two attached hydrogens (primary N) is 1. The zero-order chi connectivity index (χ0) is 15.7. The van der Waals surface area contributed by atoms with Crippen molar-refractivity contribution in [3.63, 3.8) is 0 Å². The summed E-state index contributed by atoms with van der Waals surface area (Å²) >= 11 is 0. The number of nitrogens with one attached hydrogen (secondary N) is 1. The lowest BCUT2D eigenvalue weighted by molar-refractivity contribution is -0.140. The van der Waals surface area contributed by atoms with Gasteiger partial charge in [-0.15, -0.1) is 12.4 Å². The minimum absolute atomic E-state index is 0. The van der Waals surface area contributed by atoms with E-state index in [9.17, 15) is 9.59 Å². The molecule has 1 heterocycles. The van der Waals surface area contributed by atoms with Crippen molar-refractivity contribution in [3.05, 3.63) is 0 Å². The van der Waals surface area contributed by atoms with Crippen LogP contribution in [0.2, 0.25) is 0 Å². The summed E-state index contributed by atoms with van der Waals surface area (Å²) in [5.74, 6) is 0.682.